The van der Waals surface area contributed by atoms with Gasteiger partial charge in [0.25, 0.3) is 0 Å². The zero-order valence-corrected chi connectivity index (χ0v) is 11.6. The van der Waals surface area contributed by atoms with Crippen molar-refractivity contribution in [2.45, 2.75) is 51.1 Å². The Morgan fingerprint density at radius 1 is 0.850 bits per heavy atom. The maximum Gasteiger partial charge on any atom is 0.306 e. The van der Waals surface area contributed by atoms with Crippen molar-refractivity contribution in [2.75, 3.05) is 13.2 Å². The van der Waals surface area contributed by atoms with Crippen LogP contribution in [0.25, 0.3) is 0 Å². The Morgan fingerprint density at radius 2 is 1.15 bits per heavy atom. The van der Waals surface area contributed by atoms with Crippen LogP contribution in [0.2, 0.25) is 0 Å². The predicted octanol–water partition coefficient (Wildman–Crippen LogP) is -1.66. The van der Waals surface area contributed by atoms with Crippen molar-refractivity contribution in [1.82, 2.24) is 0 Å². The van der Waals surface area contributed by atoms with Gasteiger partial charge in [-0.3, -0.25) is 9.59 Å². The van der Waals surface area contributed by atoms with Crippen molar-refractivity contribution in [3.8, 4) is 0 Å². The molecule has 0 spiro atoms. The molecule has 0 aromatic rings. The van der Waals surface area contributed by atoms with E-state index in [2.05, 4.69) is 0 Å². The standard InChI is InChI=1S/C12H22O8/c1-3-9(17)19-11(7(15)5-13)12(8(16)6-14)20-10(18)4-2/h7-8,11-16H,3-6H2,1-2H3/t7-,8+,11-,12-/m0/s1. The van der Waals surface area contributed by atoms with Gasteiger partial charge in [-0.2, -0.15) is 0 Å². The van der Waals surface area contributed by atoms with Crippen molar-refractivity contribution in [1.29, 1.82) is 0 Å². The van der Waals surface area contributed by atoms with Gasteiger partial charge in [0.2, 0.25) is 0 Å². The summed E-state index contributed by atoms with van der Waals surface area (Å²) in [7, 11) is 0. The predicted molar refractivity (Wildman–Crippen MR) is 66.5 cm³/mol. The van der Waals surface area contributed by atoms with E-state index in [-0.39, 0.29) is 12.8 Å². The molecule has 0 aromatic heterocycles. The van der Waals surface area contributed by atoms with Gasteiger partial charge in [-0.15, -0.1) is 0 Å². The summed E-state index contributed by atoms with van der Waals surface area (Å²) in [5, 5.41) is 37.2. The Bertz CT molecular complexity index is 276. The fourth-order valence-corrected chi connectivity index (χ4v) is 1.41. The number of hydrogen-bond donors (Lipinski definition) is 4. The van der Waals surface area contributed by atoms with Gasteiger partial charge in [-0.25, -0.2) is 0 Å². The van der Waals surface area contributed by atoms with Gasteiger partial charge >= 0.3 is 11.9 Å². The maximum absolute atomic E-state index is 11.3. The second-order valence-corrected chi connectivity index (χ2v) is 4.12. The summed E-state index contributed by atoms with van der Waals surface area (Å²) < 4.78 is 9.77. The van der Waals surface area contributed by atoms with Crippen LogP contribution in [0.1, 0.15) is 26.7 Å². The Hall–Kier alpha value is -1.22. The number of carbonyl (C=O) groups excluding carboxylic acids is 2. The highest BCUT2D eigenvalue weighted by Crippen LogP contribution is 2.15. The number of hydrogen-bond acceptors (Lipinski definition) is 8. The van der Waals surface area contributed by atoms with E-state index in [4.69, 9.17) is 19.7 Å². The summed E-state index contributed by atoms with van der Waals surface area (Å²) in [5.74, 6) is -1.41. The minimum Gasteiger partial charge on any atom is -0.455 e. The van der Waals surface area contributed by atoms with Crippen molar-refractivity contribution in [3.63, 3.8) is 0 Å². The molecule has 8 heteroatoms. The number of aliphatic hydroxyl groups is 4. The molecule has 0 saturated heterocycles. The Labute approximate surface area is 116 Å². The molecule has 0 aliphatic rings. The van der Waals surface area contributed by atoms with Gasteiger partial charge in [0.15, 0.2) is 12.2 Å². The molecular weight excluding hydrogens is 272 g/mol. The van der Waals surface area contributed by atoms with Crippen molar-refractivity contribution >= 4 is 11.9 Å². The molecule has 0 fully saturated rings. The molecule has 0 amide bonds. The van der Waals surface area contributed by atoms with E-state index in [9.17, 15) is 19.8 Å². The molecule has 20 heavy (non-hydrogen) atoms. The van der Waals surface area contributed by atoms with Gasteiger partial charge in [-0.1, -0.05) is 13.8 Å². The number of aliphatic hydroxyl groups excluding tert-OH is 4. The van der Waals surface area contributed by atoms with E-state index < -0.39 is 49.6 Å². The van der Waals surface area contributed by atoms with Crippen LogP contribution in [-0.2, 0) is 19.1 Å². The number of carbonyl (C=O) groups is 2. The lowest BCUT2D eigenvalue weighted by Gasteiger charge is -2.31. The molecule has 0 aliphatic heterocycles. The summed E-state index contributed by atoms with van der Waals surface area (Å²) >= 11 is 0. The Morgan fingerprint density at radius 3 is 1.35 bits per heavy atom. The fourth-order valence-electron chi connectivity index (χ4n) is 1.41. The van der Waals surface area contributed by atoms with Gasteiger partial charge in [0.05, 0.1) is 13.2 Å². The van der Waals surface area contributed by atoms with E-state index in [1.165, 1.54) is 13.8 Å². The molecule has 0 unspecified atom stereocenters. The second-order valence-electron chi connectivity index (χ2n) is 4.12. The average molecular weight is 294 g/mol. The first-order valence-corrected chi connectivity index (χ1v) is 6.37. The molecule has 118 valence electrons. The largest absolute Gasteiger partial charge is 0.455 e. The lowest BCUT2D eigenvalue weighted by Crippen LogP contribution is -2.51. The van der Waals surface area contributed by atoms with Gasteiger partial charge in [0, 0.05) is 12.8 Å². The minimum absolute atomic E-state index is 0.00167. The second kappa shape index (κ2) is 9.65. The number of rotatable bonds is 9. The third kappa shape index (κ3) is 5.83. The summed E-state index contributed by atoms with van der Waals surface area (Å²) in [6, 6.07) is 0. The molecular formula is C12H22O8. The molecule has 0 saturated carbocycles. The summed E-state index contributed by atoms with van der Waals surface area (Å²) in [6.07, 6.45) is -6.05. The Kier molecular flexibility index (Phi) is 9.06. The van der Waals surface area contributed by atoms with Crippen molar-refractivity contribution in [3.05, 3.63) is 0 Å². The fraction of sp³-hybridized carbons (Fsp3) is 0.833. The van der Waals surface area contributed by atoms with Crippen molar-refractivity contribution < 1.29 is 39.5 Å². The zero-order chi connectivity index (χ0) is 15.7. The SMILES string of the molecule is CCC(=O)O[C@H]([C@@H](OC(=O)CC)[C@@H](O)CO)[C@H](O)CO. The van der Waals surface area contributed by atoms with Gasteiger partial charge < -0.3 is 29.9 Å². The van der Waals surface area contributed by atoms with E-state index in [0.29, 0.717) is 0 Å². The quantitative estimate of drug-likeness (QED) is 0.371. The molecule has 0 radical (unpaired) electrons. The average Bonchev–Trinajstić information content (AvgIpc) is 2.48. The molecule has 0 aromatic carbocycles. The maximum atomic E-state index is 11.3. The van der Waals surface area contributed by atoms with Crippen LogP contribution in [0.3, 0.4) is 0 Å². The number of esters is 2. The molecule has 0 bridgehead atoms. The highest BCUT2D eigenvalue weighted by Gasteiger charge is 2.38. The topological polar surface area (TPSA) is 134 Å². The van der Waals surface area contributed by atoms with Crippen LogP contribution >= 0.6 is 0 Å². The van der Waals surface area contributed by atoms with E-state index in [1.54, 1.807) is 0 Å². The molecule has 4 atom stereocenters. The summed E-state index contributed by atoms with van der Waals surface area (Å²) in [5.41, 5.74) is 0. The first-order valence-electron chi connectivity index (χ1n) is 6.37. The first kappa shape index (κ1) is 18.8. The van der Waals surface area contributed by atoms with Crippen LogP contribution in [0.15, 0.2) is 0 Å². The summed E-state index contributed by atoms with van der Waals surface area (Å²) in [6.45, 7) is 1.50. The lowest BCUT2D eigenvalue weighted by atomic mass is 10.0. The molecule has 4 N–H and O–H groups in total. The third-order valence-corrected chi connectivity index (χ3v) is 2.57. The normalized spacial score (nSPS) is 16.9. The van der Waals surface area contributed by atoms with Crippen molar-refractivity contribution in [2.24, 2.45) is 0 Å². The number of ether oxygens (including phenoxy) is 2. The van der Waals surface area contributed by atoms with Crippen LogP contribution in [0.4, 0.5) is 0 Å². The Balaban J connectivity index is 5.15. The third-order valence-electron chi connectivity index (χ3n) is 2.57. The van der Waals surface area contributed by atoms with Crippen LogP contribution < -0.4 is 0 Å². The molecule has 8 nitrogen and oxygen atoms in total. The van der Waals surface area contributed by atoms with Crippen LogP contribution in [-0.4, -0.2) is 70.0 Å². The van der Waals surface area contributed by atoms with Crippen LogP contribution in [0.5, 0.6) is 0 Å². The minimum atomic E-state index is -1.55. The van der Waals surface area contributed by atoms with Gasteiger partial charge in [0.1, 0.15) is 12.2 Å². The highest BCUT2D eigenvalue weighted by molar-refractivity contribution is 5.70. The van der Waals surface area contributed by atoms with Crippen LogP contribution in [0, 0.1) is 0 Å². The lowest BCUT2D eigenvalue weighted by molar-refractivity contribution is -0.192. The smallest absolute Gasteiger partial charge is 0.306 e. The summed E-state index contributed by atoms with van der Waals surface area (Å²) in [4.78, 5) is 22.6. The molecule has 0 rings (SSSR count). The van der Waals surface area contributed by atoms with Gasteiger partial charge in [-0.05, 0) is 0 Å². The van der Waals surface area contributed by atoms with E-state index in [0.717, 1.165) is 0 Å². The highest BCUT2D eigenvalue weighted by atomic mass is 16.6. The monoisotopic (exact) mass is 294 g/mol. The first-order chi connectivity index (χ1) is 9.40. The van der Waals surface area contributed by atoms with E-state index >= 15 is 0 Å². The molecule has 0 heterocycles. The zero-order valence-electron chi connectivity index (χ0n) is 11.6. The molecule has 0 aliphatic carbocycles. The van der Waals surface area contributed by atoms with E-state index in [1.807, 2.05) is 0 Å².